The van der Waals surface area contributed by atoms with Crippen molar-refractivity contribution in [3.8, 4) is 5.75 Å². The summed E-state index contributed by atoms with van der Waals surface area (Å²) in [7, 11) is 0. The van der Waals surface area contributed by atoms with E-state index in [2.05, 4.69) is 0 Å². The van der Waals surface area contributed by atoms with Crippen molar-refractivity contribution < 1.29 is 14.9 Å². The van der Waals surface area contributed by atoms with E-state index in [1.807, 2.05) is 36.4 Å². The summed E-state index contributed by atoms with van der Waals surface area (Å²) in [6.45, 7) is -0.0560. The van der Waals surface area contributed by atoms with Crippen molar-refractivity contribution in [2.24, 2.45) is 0 Å². The first kappa shape index (κ1) is 14.4. The minimum Gasteiger partial charge on any atom is -0.487 e. The van der Waals surface area contributed by atoms with Gasteiger partial charge in [0.05, 0.1) is 12.7 Å². The van der Waals surface area contributed by atoms with Gasteiger partial charge in [-0.1, -0.05) is 43.2 Å². The van der Waals surface area contributed by atoms with Crippen molar-refractivity contribution in [3.05, 3.63) is 42.0 Å². The Balaban J connectivity index is 1.92. The Labute approximate surface area is 125 Å². The molecule has 1 saturated carbocycles. The van der Waals surface area contributed by atoms with Crippen LogP contribution in [0.2, 0.25) is 0 Å². The maximum Gasteiger partial charge on any atom is 0.126 e. The van der Waals surface area contributed by atoms with Gasteiger partial charge in [0, 0.05) is 5.56 Å². The summed E-state index contributed by atoms with van der Waals surface area (Å²) >= 11 is 0. The number of hydrogen-bond acceptors (Lipinski definition) is 3. The Morgan fingerprint density at radius 3 is 2.67 bits per heavy atom. The van der Waals surface area contributed by atoms with Crippen LogP contribution in [-0.4, -0.2) is 22.4 Å². The molecular weight excluding hydrogens is 264 g/mol. The Morgan fingerprint density at radius 2 is 1.81 bits per heavy atom. The van der Waals surface area contributed by atoms with Crippen LogP contribution in [0.1, 0.15) is 37.7 Å². The number of benzene rings is 2. The van der Waals surface area contributed by atoms with E-state index in [0.29, 0.717) is 5.75 Å². The third-order valence-corrected chi connectivity index (χ3v) is 4.35. The third-order valence-electron chi connectivity index (χ3n) is 4.35. The number of hydrogen-bond donors (Lipinski definition) is 2. The molecule has 2 N–H and O–H groups in total. The molecule has 3 rings (SSSR count). The number of aliphatic hydroxyl groups is 2. The van der Waals surface area contributed by atoms with Crippen LogP contribution < -0.4 is 4.74 Å². The highest BCUT2D eigenvalue weighted by Crippen LogP contribution is 2.31. The Morgan fingerprint density at radius 1 is 1.00 bits per heavy atom. The second-order valence-electron chi connectivity index (χ2n) is 5.78. The lowest BCUT2D eigenvalue weighted by molar-refractivity contribution is 0.0309. The van der Waals surface area contributed by atoms with Crippen molar-refractivity contribution in [2.75, 3.05) is 0 Å². The van der Waals surface area contributed by atoms with E-state index in [0.717, 1.165) is 48.4 Å². The summed E-state index contributed by atoms with van der Waals surface area (Å²) in [6, 6.07) is 11.9. The molecule has 3 nitrogen and oxygen atoms in total. The number of rotatable bonds is 3. The van der Waals surface area contributed by atoms with E-state index in [1.54, 1.807) is 0 Å². The molecule has 1 aliphatic rings. The summed E-state index contributed by atoms with van der Waals surface area (Å²) in [4.78, 5) is 0. The van der Waals surface area contributed by atoms with Crippen LogP contribution in [0.3, 0.4) is 0 Å². The number of fused-ring (bicyclic) bond motifs is 1. The maximum atomic E-state index is 10.2. The predicted molar refractivity (Wildman–Crippen MR) is 83.4 cm³/mol. The molecule has 0 bridgehead atoms. The molecule has 2 aromatic rings. The van der Waals surface area contributed by atoms with Gasteiger partial charge in [-0.15, -0.1) is 0 Å². The van der Waals surface area contributed by atoms with Crippen molar-refractivity contribution in [1.82, 2.24) is 0 Å². The van der Waals surface area contributed by atoms with Gasteiger partial charge >= 0.3 is 0 Å². The quantitative estimate of drug-likeness (QED) is 0.850. The van der Waals surface area contributed by atoms with Crippen molar-refractivity contribution >= 4 is 10.8 Å². The van der Waals surface area contributed by atoms with E-state index in [9.17, 15) is 10.2 Å². The summed E-state index contributed by atoms with van der Waals surface area (Å²) in [5.74, 6) is 0.696. The Kier molecular flexibility index (Phi) is 4.42. The van der Waals surface area contributed by atoms with Crippen LogP contribution >= 0.6 is 0 Å². The molecule has 0 saturated heterocycles. The first-order valence-corrected chi connectivity index (χ1v) is 7.76. The molecule has 0 heterocycles. The molecule has 0 aromatic heterocycles. The van der Waals surface area contributed by atoms with Crippen LogP contribution in [0.25, 0.3) is 10.8 Å². The molecule has 0 amide bonds. The summed E-state index contributed by atoms with van der Waals surface area (Å²) < 4.78 is 6.07. The van der Waals surface area contributed by atoms with Crippen LogP contribution in [0, 0.1) is 0 Å². The molecule has 0 spiro atoms. The van der Waals surface area contributed by atoms with Crippen LogP contribution in [0.5, 0.6) is 5.75 Å². The van der Waals surface area contributed by atoms with E-state index in [4.69, 9.17) is 4.74 Å². The van der Waals surface area contributed by atoms with Gasteiger partial charge in [0.15, 0.2) is 0 Å². The van der Waals surface area contributed by atoms with Gasteiger partial charge in [-0.05, 0) is 36.1 Å². The topological polar surface area (TPSA) is 49.7 Å². The van der Waals surface area contributed by atoms with Crippen molar-refractivity contribution in [3.63, 3.8) is 0 Å². The number of aliphatic hydroxyl groups excluding tert-OH is 2. The molecule has 1 fully saturated rings. The fourth-order valence-electron chi connectivity index (χ4n) is 3.14. The van der Waals surface area contributed by atoms with E-state index < -0.39 is 6.10 Å². The van der Waals surface area contributed by atoms with Crippen LogP contribution in [0.15, 0.2) is 36.4 Å². The molecule has 1 aliphatic carbocycles. The van der Waals surface area contributed by atoms with E-state index in [1.165, 1.54) is 0 Å². The largest absolute Gasteiger partial charge is 0.487 e. The first-order chi connectivity index (χ1) is 10.3. The summed E-state index contributed by atoms with van der Waals surface area (Å²) in [6.07, 6.45) is 4.40. The molecule has 0 radical (unpaired) electrons. The van der Waals surface area contributed by atoms with Gasteiger partial charge < -0.3 is 14.9 Å². The van der Waals surface area contributed by atoms with Crippen LogP contribution in [0.4, 0.5) is 0 Å². The van der Waals surface area contributed by atoms with Gasteiger partial charge in [0.25, 0.3) is 0 Å². The van der Waals surface area contributed by atoms with Gasteiger partial charge in [-0.2, -0.15) is 0 Å². The van der Waals surface area contributed by atoms with Crippen molar-refractivity contribution in [1.29, 1.82) is 0 Å². The minimum absolute atomic E-state index is 0.0560. The van der Waals surface area contributed by atoms with Gasteiger partial charge in [0.1, 0.15) is 11.9 Å². The lowest BCUT2D eigenvalue weighted by atomic mass is 10.0. The maximum absolute atomic E-state index is 10.2. The second-order valence-corrected chi connectivity index (χ2v) is 5.78. The fraction of sp³-hybridized carbons (Fsp3) is 0.444. The summed E-state index contributed by atoms with van der Waals surface area (Å²) in [5.41, 5.74) is 0.810. The van der Waals surface area contributed by atoms with E-state index in [-0.39, 0.29) is 12.7 Å². The second kappa shape index (κ2) is 6.46. The Bertz CT molecular complexity index is 608. The van der Waals surface area contributed by atoms with Gasteiger partial charge in [-0.3, -0.25) is 0 Å². The summed E-state index contributed by atoms with van der Waals surface area (Å²) in [5, 5.41) is 22.0. The molecule has 112 valence electrons. The van der Waals surface area contributed by atoms with E-state index >= 15 is 0 Å². The molecule has 0 aliphatic heterocycles. The molecular formula is C18H22O3. The van der Waals surface area contributed by atoms with Gasteiger partial charge in [-0.25, -0.2) is 0 Å². The highest BCUT2D eigenvalue weighted by molar-refractivity contribution is 5.87. The standard InChI is InChI=1S/C18H22O3/c19-12-15-14-7-5-4-6-13(14)10-11-17(15)21-18-9-3-1-2-8-16(18)20/h4-7,10-11,16,18-20H,1-3,8-9,12H2. The zero-order valence-corrected chi connectivity index (χ0v) is 12.2. The lowest BCUT2D eigenvalue weighted by Crippen LogP contribution is -2.30. The zero-order valence-electron chi connectivity index (χ0n) is 12.2. The number of ether oxygens (including phenoxy) is 1. The smallest absolute Gasteiger partial charge is 0.126 e. The Hall–Kier alpha value is -1.58. The predicted octanol–water partition coefficient (Wildman–Crippen LogP) is 3.40. The molecule has 3 heteroatoms. The first-order valence-electron chi connectivity index (χ1n) is 7.76. The lowest BCUT2D eigenvalue weighted by Gasteiger charge is -2.24. The average molecular weight is 286 g/mol. The molecule has 2 atom stereocenters. The highest BCUT2D eigenvalue weighted by Gasteiger charge is 2.24. The molecule has 2 aromatic carbocycles. The minimum atomic E-state index is -0.412. The van der Waals surface area contributed by atoms with Gasteiger partial charge in [0.2, 0.25) is 0 Å². The monoisotopic (exact) mass is 286 g/mol. The zero-order chi connectivity index (χ0) is 14.7. The SMILES string of the molecule is OCc1c(OC2CCCCCC2O)ccc2ccccc12. The van der Waals surface area contributed by atoms with Crippen LogP contribution in [-0.2, 0) is 6.61 Å². The average Bonchev–Trinajstić information content (AvgIpc) is 2.72. The highest BCUT2D eigenvalue weighted by atomic mass is 16.5. The normalized spacial score (nSPS) is 23.0. The van der Waals surface area contributed by atoms with Crippen molar-refractivity contribution in [2.45, 2.75) is 50.9 Å². The fourth-order valence-corrected chi connectivity index (χ4v) is 3.14. The molecule has 21 heavy (non-hydrogen) atoms. The third kappa shape index (κ3) is 3.04. The molecule has 2 unspecified atom stereocenters.